The zero-order valence-electron chi connectivity index (χ0n) is 19.0. The van der Waals surface area contributed by atoms with E-state index in [1.165, 1.54) is 25.3 Å². The maximum atomic E-state index is 14.2. The van der Waals surface area contributed by atoms with Gasteiger partial charge in [-0.25, -0.2) is 9.37 Å². The lowest BCUT2D eigenvalue weighted by Crippen LogP contribution is -2.17. The number of carbonyl (C=O) groups is 2. The Balaban J connectivity index is 1.75. The monoisotopic (exact) mass is 492 g/mol. The summed E-state index contributed by atoms with van der Waals surface area (Å²) in [5, 5.41) is 5.50. The lowest BCUT2D eigenvalue weighted by Gasteiger charge is -2.13. The molecule has 1 aromatic heterocycles. The van der Waals surface area contributed by atoms with E-state index < -0.39 is 17.6 Å². The topological polar surface area (TPSA) is 96.1 Å². The van der Waals surface area contributed by atoms with Gasteiger partial charge >= 0.3 is 0 Å². The number of amides is 2. The number of anilines is 2. The molecule has 0 unspecified atom stereocenters. The Hall–Kier alpha value is -4.01. The summed E-state index contributed by atoms with van der Waals surface area (Å²) in [5.74, 6) is -1.43. The van der Waals surface area contributed by atoms with E-state index in [0.717, 1.165) is 17.2 Å². The molecule has 0 aliphatic carbocycles. The number of fused-ring (bicyclic) bond motifs is 1. The van der Waals surface area contributed by atoms with Gasteiger partial charge in [0.05, 0.1) is 21.7 Å². The summed E-state index contributed by atoms with van der Waals surface area (Å²) in [4.78, 5) is 33.7. The summed E-state index contributed by atoms with van der Waals surface area (Å²) in [6, 6.07) is 12.6. The Morgan fingerprint density at radius 3 is 2.66 bits per heavy atom. The van der Waals surface area contributed by atoms with Crippen LogP contribution in [0.25, 0.3) is 17.1 Å². The second kappa shape index (κ2) is 10.1. The van der Waals surface area contributed by atoms with Gasteiger partial charge in [0.25, 0.3) is 11.8 Å². The maximum Gasteiger partial charge on any atom is 0.260 e. The van der Waals surface area contributed by atoms with Crippen molar-refractivity contribution in [1.82, 2.24) is 9.97 Å². The van der Waals surface area contributed by atoms with Crippen LogP contribution in [0, 0.1) is 12.7 Å². The fraction of sp³-hybridized carbons (Fsp3) is 0.115. The highest BCUT2D eigenvalue weighted by atomic mass is 35.5. The lowest BCUT2D eigenvalue weighted by molar-refractivity contribution is 0.101. The summed E-state index contributed by atoms with van der Waals surface area (Å²) < 4.78 is 19.4. The largest absolute Gasteiger partial charge is 0.377 e. The average Bonchev–Trinajstić information content (AvgIpc) is 3.22. The number of hydrogen-bond acceptors (Lipinski definition) is 4. The molecule has 178 valence electrons. The number of benzene rings is 3. The lowest BCUT2D eigenvalue weighted by atomic mass is 10.1. The van der Waals surface area contributed by atoms with Gasteiger partial charge in [0.2, 0.25) is 0 Å². The zero-order valence-corrected chi connectivity index (χ0v) is 19.8. The maximum absolute atomic E-state index is 14.2. The highest BCUT2D eigenvalue weighted by molar-refractivity contribution is 6.34. The van der Waals surface area contributed by atoms with E-state index in [4.69, 9.17) is 16.3 Å². The number of rotatable bonds is 7. The molecule has 0 spiro atoms. The molecule has 0 aliphatic heterocycles. The van der Waals surface area contributed by atoms with Gasteiger partial charge in [-0.3, -0.25) is 9.59 Å². The molecule has 0 fully saturated rings. The van der Waals surface area contributed by atoms with Crippen molar-refractivity contribution in [2.45, 2.75) is 13.5 Å². The molecule has 0 atom stereocenters. The molecular weight excluding hydrogens is 471 g/mol. The van der Waals surface area contributed by atoms with Crippen molar-refractivity contribution in [3.63, 3.8) is 0 Å². The molecule has 0 bridgehead atoms. The normalized spacial score (nSPS) is 10.9. The molecule has 3 aromatic carbocycles. The number of imidazole rings is 1. The van der Waals surface area contributed by atoms with Crippen LogP contribution in [0.5, 0.6) is 0 Å². The van der Waals surface area contributed by atoms with Crippen LogP contribution < -0.4 is 10.6 Å². The van der Waals surface area contributed by atoms with E-state index in [1.807, 2.05) is 19.1 Å². The van der Waals surface area contributed by atoms with Crippen LogP contribution in [0.15, 0.2) is 55.1 Å². The standard InChI is InChI=1S/C26H22ClFN4O3/c1-4-15-7-5-10-20(14(15)2)31-25(33)17-11-16(12-21-24(17)32-22(30-21)13-35-3)29-26(34)23-18(27)8-6-9-19(23)28/h4-12H,1,13H2,2-3H3,(H,29,34)(H,30,32)(H,31,33). The van der Waals surface area contributed by atoms with Gasteiger partial charge in [0.1, 0.15) is 23.8 Å². The first-order valence-electron chi connectivity index (χ1n) is 10.6. The number of halogens is 2. The molecule has 0 saturated carbocycles. The van der Waals surface area contributed by atoms with E-state index in [-0.39, 0.29) is 28.4 Å². The first-order chi connectivity index (χ1) is 16.8. The molecular formula is C26H22ClFN4O3. The van der Waals surface area contributed by atoms with E-state index in [0.29, 0.717) is 22.5 Å². The number of hydrogen-bond donors (Lipinski definition) is 3. The number of nitrogens with zero attached hydrogens (tertiary/aromatic N) is 1. The highest BCUT2D eigenvalue weighted by Gasteiger charge is 2.20. The van der Waals surface area contributed by atoms with Crippen molar-refractivity contribution in [3.05, 3.63) is 94.0 Å². The number of ether oxygens (including phenoxy) is 1. The van der Waals surface area contributed by atoms with Crippen molar-refractivity contribution < 1.29 is 18.7 Å². The first kappa shape index (κ1) is 24.1. The van der Waals surface area contributed by atoms with Crippen LogP contribution in [0.4, 0.5) is 15.8 Å². The molecule has 2 amide bonds. The number of nitrogens with one attached hydrogen (secondary N) is 3. The Bertz CT molecular complexity index is 1440. The molecule has 0 saturated heterocycles. The summed E-state index contributed by atoms with van der Waals surface area (Å²) in [5.41, 5.74) is 3.43. The third-order valence-electron chi connectivity index (χ3n) is 5.45. The van der Waals surface area contributed by atoms with Gasteiger partial charge in [0, 0.05) is 18.5 Å². The Labute approximate surface area is 206 Å². The molecule has 4 aromatic rings. The van der Waals surface area contributed by atoms with Crippen LogP contribution in [0.1, 0.15) is 37.7 Å². The first-order valence-corrected chi connectivity index (χ1v) is 11.0. The molecule has 7 nitrogen and oxygen atoms in total. The van der Waals surface area contributed by atoms with Gasteiger partial charge in [-0.2, -0.15) is 0 Å². The van der Waals surface area contributed by atoms with Gasteiger partial charge in [-0.15, -0.1) is 0 Å². The molecule has 35 heavy (non-hydrogen) atoms. The fourth-order valence-electron chi connectivity index (χ4n) is 3.73. The quantitative estimate of drug-likeness (QED) is 0.296. The SMILES string of the molecule is C=Cc1cccc(NC(=O)c2cc(NC(=O)c3c(F)cccc3Cl)cc3[nH]c(COC)nc23)c1C. The minimum Gasteiger partial charge on any atom is -0.377 e. The summed E-state index contributed by atoms with van der Waals surface area (Å²) in [6.07, 6.45) is 1.71. The smallest absolute Gasteiger partial charge is 0.260 e. The van der Waals surface area contributed by atoms with Gasteiger partial charge in [-0.05, 0) is 48.4 Å². The van der Waals surface area contributed by atoms with Gasteiger partial charge < -0.3 is 20.4 Å². The number of methoxy groups -OCH3 is 1. The number of H-pyrrole nitrogens is 1. The molecule has 3 N–H and O–H groups in total. The van der Waals surface area contributed by atoms with Crippen molar-refractivity contribution >= 4 is 51.9 Å². The van der Waals surface area contributed by atoms with Crippen molar-refractivity contribution in [3.8, 4) is 0 Å². The Kier molecular flexibility index (Phi) is 6.95. The fourth-order valence-corrected chi connectivity index (χ4v) is 3.98. The third-order valence-corrected chi connectivity index (χ3v) is 5.77. The van der Waals surface area contributed by atoms with Crippen LogP contribution in [0.2, 0.25) is 5.02 Å². The van der Waals surface area contributed by atoms with Crippen LogP contribution >= 0.6 is 11.6 Å². The second-order valence-electron chi connectivity index (χ2n) is 7.77. The second-order valence-corrected chi connectivity index (χ2v) is 8.17. The Morgan fingerprint density at radius 2 is 1.94 bits per heavy atom. The van der Waals surface area contributed by atoms with Crippen LogP contribution in [0.3, 0.4) is 0 Å². The highest BCUT2D eigenvalue weighted by Crippen LogP contribution is 2.27. The summed E-state index contributed by atoms with van der Waals surface area (Å²) in [7, 11) is 1.53. The van der Waals surface area contributed by atoms with E-state index in [9.17, 15) is 14.0 Å². The van der Waals surface area contributed by atoms with E-state index in [1.54, 1.807) is 18.2 Å². The zero-order chi connectivity index (χ0) is 25.1. The van der Waals surface area contributed by atoms with Gasteiger partial charge in [-0.1, -0.05) is 42.5 Å². The number of aromatic amines is 1. The molecule has 9 heteroatoms. The average molecular weight is 493 g/mol. The minimum atomic E-state index is -0.754. The Morgan fingerprint density at radius 1 is 1.17 bits per heavy atom. The number of aromatic nitrogens is 2. The predicted octanol–water partition coefficient (Wildman–Crippen LogP) is 5.96. The van der Waals surface area contributed by atoms with E-state index >= 15 is 0 Å². The molecule has 4 rings (SSSR count). The summed E-state index contributed by atoms with van der Waals surface area (Å²) >= 11 is 6.03. The predicted molar refractivity (Wildman–Crippen MR) is 135 cm³/mol. The molecule has 1 heterocycles. The third kappa shape index (κ3) is 4.94. The minimum absolute atomic E-state index is 0.0250. The van der Waals surface area contributed by atoms with E-state index in [2.05, 4.69) is 27.2 Å². The van der Waals surface area contributed by atoms with Crippen molar-refractivity contribution in [1.29, 1.82) is 0 Å². The number of carbonyl (C=O) groups excluding carboxylic acids is 2. The van der Waals surface area contributed by atoms with Crippen LogP contribution in [-0.4, -0.2) is 28.9 Å². The van der Waals surface area contributed by atoms with Crippen molar-refractivity contribution in [2.24, 2.45) is 0 Å². The van der Waals surface area contributed by atoms with Gasteiger partial charge in [0.15, 0.2) is 0 Å². The molecule has 0 aliphatic rings. The molecule has 0 radical (unpaired) electrons. The van der Waals surface area contributed by atoms with Crippen LogP contribution in [-0.2, 0) is 11.3 Å². The summed E-state index contributed by atoms with van der Waals surface area (Å²) in [6.45, 7) is 5.87. The van der Waals surface area contributed by atoms with Crippen molar-refractivity contribution in [2.75, 3.05) is 17.7 Å².